The van der Waals surface area contributed by atoms with Gasteiger partial charge in [0.15, 0.2) is 0 Å². The Hall–Kier alpha value is -1.58. The van der Waals surface area contributed by atoms with Gasteiger partial charge in [-0.3, -0.25) is 9.59 Å². The summed E-state index contributed by atoms with van der Waals surface area (Å²) in [7, 11) is 1.81. The highest BCUT2D eigenvalue weighted by Crippen LogP contribution is 2.31. The van der Waals surface area contributed by atoms with E-state index in [2.05, 4.69) is 27.7 Å². The minimum absolute atomic E-state index is 0.0163. The summed E-state index contributed by atoms with van der Waals surface area (Å²) in [5.74, 6) is 0.309. The molecule has 0 bridgehead atoms. The minimum atomic E-state index is -0.112. The first kappa shape index (κ1) is 23.5. The number of carbonyl (C=O) groups is 2. The van der Waals surface area contributed by atoms with Crippen LogP contribution in [0.1, 0.15) is 73.6 Å². The van der Waals surface area contributed by atoms with Crippen LogP contribution < -0.4 is 0 Å². The Labute approximate surface area is 166 Å². The number of ether oxygens (including phenoxy) is 1. The summed E-state index contributed by atoms with van der Waals surface area (Å²) in [6.45, 7) is 12.5. The molecule has 4 nitrogen and oxygen atoms in total. The molecule has 0 aromatic rings. The highest BCUT2D eigenvalue weighted by Gasteiger charge is 2.31. The van der Waals surface area contributed by atoms with Crippen LogP contribution in [-0.4, -0.2) is 29.9 Å². The molecule has 154 valence electrons. The lowest BCUT2D eigenvalue weighted by Crippen LogP contribution is -2.35. The standard InChI is InChI=1S/C23H39NO3/c1-17-13-14-18(2)21(25)24(7)15-11-9-8-10-12-19(3)22(26)27-20(16-17)23(4,5)6/h8-9,11,15,17-20H,10,12-14,16H2,1-7H3/b9-8-,15-11-/t17-,18-,19+,20+/m0/s1. The van der Waals surface area contributed by atoms with E-state index in [9.17, 15) is 9.59 Å². The van der Waals surface area contributed by atoms with Gasteiger partial charge in [0, 0.05) is 19.2 Å². The molecule has 0 saturated carbocycles. The zero-order valence-electron chi connectivity index (χ0n) is 18.3. The van der Waals surface area contributed by atoms with Gasteiger partial charge < -0.3 is 9.64 Å². The summed E-state index contributed by atoms with van der Waals surface area (Å²) in [5, 5.41) is 0. The molecule has 0 aromatic heterocycles. The number of nitrogens with zero attached hydrogens (tertiary/aromatic N) is 1. The minimum Gasteiger partial charge on any atom is -0.462 e. The molecule has 4 atom stereocenters. The van der Waals surface area contributed by atoms with Crippen molar-refractivity contribution in [1.82, 2.24) is 4.90 Å². The van der Waals surface area contributed by atoms with Gasteiger partial charge in [-0.05, 0) is 49.5 Å². The van der Waals surface area contributed by atoms with E-state index in [0.717, 1.165) is 32.1 Å². The number of allylic oxidation sites excluding steroid dienone is 3. The Morgan fingerprint density at radius 3 is 2.30 bits per heavy atom. The molecular formula is C23H39NO3. The third kappa shape index (κ3) is 8.32. The van der Waals surface area contributed by atoms with E-state index in [4.69, 9.17) is 4.74 Å². The lowest BCUT2D eigenvalue weighted by molar-refractivity contribution is -0.160. The molecule has 0 unspecified atom stereocenters. The number of amides is 1. The van der Waals surface area contributed by atoms with Crippen molar-refractivity contribution in [2.45, 2.75) is 79.8 Å². The molecule has 1 aliphatic heterocycles. The first-order valence-electron chi connectivity index (χ1n) is 10.3. The van der Waals surface area contributed by atoms with E-state index in [-0.39, 0.29) is 35.2 Å². The SMILES string of the molecule is C[C@H]1CC[C@H](C)C(=O)N(C)/C=C\C=C/CC[C@@H](C)C(=O)O[C@@H](C(C)(C)C)C1. The van der Waals surface area contributed by atoms with Gasteiger partial charge in [-0.2, -0.15) is 0 Å². The summed E-state index contributed by atoms with van der Waals surface area (Å²) in [5.41, 5.74) is -0.0992. The topological polar surface area (TPSA) is 46.6 Å². The Morgan fingerprint density at radius 2 is 1.67 bits per heavy atom. The van der Waals surface area contributed by atoms with Gasteiger partial charge in [-0.25, -0.2) is 0 Å². The number of hydrogen-bond donors (Lipinski definition) is 0. The van der Waals surface area contributed by atoms with Crippen LogP contribution in [0.2, 0.25) is 0 Å². The Morgan fingerprint density at radius 1 is 1.00 bits per heavy atom. The third-order valence-electron chi connectivity index (χ3n) is 5.43. The van der Waals surface area contributed by atoms with Gasteiger partial charge in [-0.1, -0.05) is 53.7 Å². The van der Waals surface area contributed by atoms with E-state index in [1.165, 1.54) is 0 Å². The van der Waals surface area contributed by atoms with Crippen LogP contribution in [0, 0.1) is 23.2 Å². The maximum Gasteiger partial charge on any atom is 0.308 e. The van der Waals surface area contributed by atoms with Crippen molar-refractivity contribution in [3.05, 3.63) is 24.4 Å². The van der Waals surface area contributed by atoms with Crippen LogP contribution in [0.15, 0.2) is 24.4 Å². The fraction of sp³-hybridized carbons (Fsp3) is 0.739. The van der Waals surface area contributed by atoms with Crippen LogP contribution >= 0.6 is 0 Å². The van der Waals surface area contributed by atoms with Crippen molar-refractivity contribution in [2.24, 2.45) is 23.2 Å². The normalized spacial score (nSPS) is 32.5. The maximum absolute atomic E-state index is 12.6. The third-order valence-corrected chi connectivity index (χ3v) is 5.43. The van der Waals surface area contributed by atoms with Crippen LogP contribution in [-0.2, 0) is 14.3 Å². The number of cyclic esters (lactones) is 1. The lowest BCUT2D eigenvalue weighted by Gasteiger charge is -2.33. The number of hydrogen-bond acceptors (Lipinski definition) is 3. The quantitative estimate of drug-likeness (QED) is 0.535. The van der Waals surface area contributed by atoms with E-state index in [1.807, 2.05) is 45.3 Å². The molecule has 0 radical (unpaired) electrons. The average Bonchev–Trinajstić information content (AvgIpc) is 2.59. The second-order valence-corrected chi connectivity index (χ2v) is 9.31. The summed E-state index contributed by atoms with van der Waals surface area (Å²) in [6, 6.07) is 0. The van der Waals surface area contributed by atoms with Crippen LogP contribution in [0.5, 0.6) is 0 Å². The molecule has 1 rings (SSSR count). The van der Waals surface area contributed by atoms with Crippen LogP contribution in [0.3, 0.4) is 0 Å². The molecule has 0 spiro atoms. The first-order valence-corrected chi connectivity index (χ1v) is 10.3. The van der Waals surface area contributed by atoms with Gasteiger partial charge in [0.05, 0.1) is 5.92 Å². The predicted molar refractivity (Wildman–Crippen MR) is 111 cm³/mol. The molecule has 0 aliphatic carbocycles. The number of carbonyl (C=O) groups excluding carboxylic acids is 2. The van der Waals surface area contributed by atoms with E-state index >= 15 is 0 Å². The Kier molecular flexibility index (Phi) is 9.28. The van der Waals surface area contributed by atoms with E-state index in [0.29, 0.717) is 5.92 Å². The predicted octanol–water partition coefficient (Wildman–Crippen LogP) is 5.35. The molecule has 1 heterocycles. The smallest absolute Gasteiger partial charge is 0.308 e. The van der Waals surface area contributed by atoms with Crippen molar-refractivity contribution in [3.8, 4) is 0 Å². The molecule has 0 aromatic carbocycles. The molecule has 0 N–H and O–H groups in total. The van der Waals surface area contributed by atoms with Crippen LogP contribution in [0.4, 0.5) is 0 Å². The zero-order chi connectivity index (χ0) is 20.6. The van der Waals surface area contributed by atoms with Crippen molar-refractivity contribution in [1.29, 1.82) is 0 Å². The second kappa shape index (κ2) is 10.7. The van der Waals surface area contributed by atoms with Crippen LogP contribution in [0.25, 0.3) is 0 Å². The Balaban J connectivity index is 2.94. The number of esters is 1. The molecule has 0 saturated heterocycles. The highest BCUT2D eigenvalue weighted by molar-refractivity contribution is 5.79. The maximum atomic E-state index is 12.6. The molecule has 0 fully saturated rings. The van der Waals surface area contributed by atoms with Crippen molar-refractivity contribution in [3.63, 3.8) is 0 Å². The van der Waals surface area contributed by atoms with Gasteiger partial charge >= 0.3 is 5.97 Å². The van der Waals surface area contributed by atoms with Crippen molar-refractivity contribution < 1.29 is 14.3 Å². The second-order valence-electron chi connectivity index (χ2n) is 9.31. The molecule has 4 heteroatoms. The summed E-state index contributed by atoms with van der Waals surface area (Å²) < 4.78 is 5.94. The molecule has 27 heavy (non-hydrogen) atoms. The first-order chi connectivity index (χ1) is 12.5. The Bertz CT molecular complexity index is 544. The van der Waals surface area contributed by atoms with E-state index in [1.54, 1.807) is 4.90 Å². The largest absolute Gasteiger partial charge is 0.462 e. The fourth-order valence-electron chi connectivity index (χ4n) is 3.21. The summed E-state index contributed by atoms with van der Waals surface area (Å²) in [4.78, 5) is 26.7. The van der Waals surface area contributed by atoms with E-state index < -0.39 is 0 Å². The van der Waals surface area contributed by atoms with Gasteiger partial charge in [0.25, 0.3) is 0 Å². The van der Waals surface area contributed by atoms with Gasteiger partial charge in [0.2, 0.25) is 5.91 Å². The lowest BCUT2D eigenvalue weighted by atomic mass is 9.82. The zero-order valence-corrected chi connectivity index (χ0v) is 18.3. The highest BCUT2D eigenvalue weighted by atomic mass is 16.5. The summed E-state index contributed by atoms with van der Waals surface area (Å²) in [6.07, 6.45) is 11.7. The molecule has 1 amide bonds. The molecule has 1 aliphatic rings. The van der Waals surface area contributed by atoms with Gasteiger partial charge in [0.1, 0.15) is 6.10 Å². The molecular weight excluding hydrogens is 338 g/mol. The average molecular weight is 378 g/mol. The number of rotatable bonds is 0. The monoisotopic (exact) mass is 377 g/mol. The summed E-state index contributed by atoms with van der Waals surface area (Å²) >= 11 is 0. The van der Waals surface area contributed by atoms with Crippen molar-refractivity contribution >= 4 is 11.9 Å². The fourth-order valence-corrected chi connectivity index (χ4v) is 3.21. The van der Waals surface area contributed by atoms with Crippen molar-refractivity contribution in [2.75, 3.05) is 7.05 Å². The van der Waals surface area contributed by atoms with Gasteiger partial charge in [-0.15, -0.1) is 0 Å².